The molecule has 0 unspecified atom stereocenters. The van der Waals surface area contributed by atoms with Crippen molar-refractivity contribution in [2.75, 3.05) is 5.32 Å². The summed E-state index contributed by atoms with van der Waals surface area (Å²) in [5, 5.41) is 16.5. The van der Waals surface area contributed by atoms with Crippen molar-refractivity contribution in [3.05, 3.63) is 97.7 Å². The maximum atomic E-state index is 12.5. The third-order valence-electron chi connectivity index (χ3n) is 4.88. The predicted octanol–water partition coefficient (Wildman–Crippen LogP) is 7.80. The molecule has 4 rings (SSSR count). The summed E-state index contributed by atoms with van der Waals surface area (Å²) in [5.74, 6) is 1.17. The fourth-order valence-electron chi connectivity index (χ4n) is 3.27. The monoisotopic (exact) mass is 565 g/mol. The van der Waals surface area contributed by atoms with Gasteiger partial charge in [-0.15, -0.1) is 10.2 Å². The summed E-state index contributed by atoms with van der Waals surface area (Å²) in [7, 11) is 0. The molecule has 180 valence electrons. The van der Waals surface area contributed by atoms with Gasteiger partial charge in [0.15, 0.2) is 11.0 Å². The molecule has 4 aromatic rings. The van der Waals surface area contributed by atoms with Crippen molar-refractivity contribution in [1.29, 1.82) is 0 Å². The Morgan fingerprint density at radius 1 is 0.943 bits per heavy atom. The van der Waals surface area contributed by atoms with Gasteiger partial charge in [0.2, 0.25) is 0 Å². The molecule has 0 fully saturated rings. The Balaban J connectivity index is 1.55. The van der Waals surface area contributed by atoms with E-state index in [9.17, 15) is 4.79 Å². The second-order valence-electron chi connectivity index (χ2n) is 7.54. The number of benzene rings is 3. The number of nitrogens with one attached hydrogen (secondary N) is 2. The number of aryl methyl sites for hydroxylation is 1. The summed E-state index contributed by atoms with van der Waals surface area (Å²) in [6.45, 7) is 2.14. The molecule has 2 amide bonds. The quantitative estimate of drug-likeness (QED) is 0.224. The highest BCUT2D eigenvalue weighted by atomic mass is 35.5. The molecular weight excluding hydrogens is 548 g/mol. The van der Waals surface area contributed by atoms with Crippen LogP contribution >= 0.6 is 58.2 Å². The minimum atomic E-state index is -0.441. The molecule has 3 aromatic carbocycles. The lowest BCUT2D eigenvalue weighted by Crippen LogP contribution is -2.29. The molecular formula is C24H19Cl4N5OS. The molecule has 0 aliphatic carbocycles. The number of hydrogen-bond acceptors (Lipinski definition) is 4. The molecule has 0 aliphatic rings. The number of nitrogens with zero attached hydrogens (tertiary/aromatic N) is 3. The van der Waals surface area contributed by atoms with Crippen molar-refractivity contribution >= 4 is 69.9 Å². The molecule has 6 nitrogen and oxygen atoms in total. The largest absolute Gasteiger partial charge is 0.331 e. The number of amides is 2. The number of rotatable bonds is 7. The van der Waals surface area contributed by atoms with E-state index in [0.717, 1.165) is 5.56 Å². The van der Waals surface area contributed by atoms with Gasteiger partial charge in [0, 0.05) is 16.5 Å². The van der Waals surface area contributed by atoms with Crippen LogP contribution in [0.1, 0.15) is 17.0 Å². The second kappa shape index (κ2) is 11.5. The van der Waals surface area contributed by atoms with Crippen LogP contribution in [0.2, 0.25) is 20.1 Å². The van der Waals surface area contributed by atoms with E-state index in [1.54, 1.807) is 41.0 Å². The predicted molar refractivity (Wildman–Crippen MR) is 144 cm³/mol. The average Bonchev–Trinajstić information content (AvgIpc) is 3.23. The first kappa shape index (κ1) is 25.7. The number of halogens is 4. The van der Waals surface area contributed by atoms with Gasteiger partial charge in [-0.25, -0.2) is 4.79 Å². The summed E-state index contributed by atoms with van der Waals surface area (Å²) in [6.07, 6.45) is 0. The highest BCUT2D eigenvalue weighted by Crippen LogP contribution is 2.31. The zero-order chi connectivity index (χ0) is 24.9. The normalized spacial score (nSPS) is 10.9. The maximum absolute atomic E-state index is 12.5. The molecule has 0 spiro atoms. The number of urea groups is 1. The lowest BCUT2D eigenvalue weighted by molar-refractivity contribution is 0.251. The van der Waals surface area contributed by atoms with Crippen LogP contribution in [0.25, 0.3) is 5.69 Å². The summed E-state index contributed by atoms with van der Waals surface area (Å²) in [6, 6.07) is 17.8. The van der Waals surface area contributed by atoms with Gasteiger partial charge in [0.25, 0.3) is 0 Å². The fourth-order valence-corrected chi connectivity index (χ4v) is 4.84. The topological polar surface area (TPSA) is 71.8 Å². The molecule has 0 saturated heterocycles. The standard InChI is InChI=1S/C24H19Cl4N5OS/c1-14-3-2-4-15(9-14)13-35-24-32-31-22(33(24)21-10-16(25)5-7-19(21)27)12-29-23(34)30-17-6-8-18(26)20(28)11-17/h2-11H,12-13H2,1H3,(H2,29,30,34). The summed E-state index contributed by atoms with van der Waals surface area (Å²) >= 11 is 26.2. The van der Waals surface area contributed by atoms with Crippen molar-refractivity contribution in [2.24, 2.45) is 0 Å². The van der Waals surface area contributed by atoms with Gasteiger partial charge in [-0.3, -0.25) is 4.57 Å². The van der Waals surface area contributed by atoms with Gasteiger partial charge in [-0.05, 0) is 48.9 Å². The van der Waals surface area contributed by atoms with Crippen LogP contribution in [0, 0.1) is 6.92 Å². The first-order valence-electron chi connectivity index (χ1n) is 10.4. The number of aromatic nitrogens is 3. The Bertz CT molecular complexity index is 1380. The molecule has 0 bridgehead atoms. The van der Waals surface area contributed by atoms with E-state index in [1.807, 2.05) is 6.07 Å². The number of anilines is 1. The minimum absolute atomic E-state index is 0.0913. The fraction of sp³-hybridized carbons (Fsp3) is 0.125. The molecule has 35 heavy (non-hydrogen) atoms. The Labute approximate surface area is 226 Å². The van der Waals surface area contributed by atoms with Crippen LogP contribution in [0.4, 0.5) is 10.5 Å². The van der Waals surface area contributed by atoms with E-state index >= 15 is 0 Å². The van der Waals surface area contributed by atoms with Crippen molar-refractivity contribution in [3.8, 4) is 5.69 Å². The molecule has 1 heterocycles. The van der Waals surface area contributed by atoms with Gasteiger partial charge >= 0.3 is 6.03 Å². The SMILES string of the molecule is Cc1cccc(CSc2nnc(CNC(=O)Nc3ccc(Cl)c(Cl)c3)n2-c2cc(Cl)ccc2Cl)c1. The molecule has 0 aliphatic heterocycles. The molecule has 0 saturated carbocycles. The number of hydrogen-bond donors (Lipinski definition) is 2. The van der Waals surface area contributed by atoms with Crippen molar-refractivity contribution in [2.45, 2.75) is 24.4 Å². The van der Waals surface area contributed by atoms with Gasteiger partial charge in [0.1, 0.15) is 0 Å². The molecule has 2 N–H and O–H groups in total. The number of carbonyl (C=O) groups excluding carboxylic acids is 1. The van der Waals surface area contributed by atoms with Crippen LogP contribution in [-0.4, -0.2) is 20.8 Å². The first-order valence-corrected chi connectivity index (χ1v) is 12.9. The maximum Gasteiger partial charge on any atom is 0.319 e. The first-order chi connectivity index (χ1) is 16.8. The third-order valence-corrected chi connectivity index (χ3v) is 7.18. The lowest BCUT2D eigenvalue weighted by atomic mass is 10.2. The van der Waals surface area contributed by atoms with E-state index in [2.05, 4.69) is 46.0 Å². The van der Waals surface area contributed by atoms with Crippen LogP contribution in [-0.2, 0) is 12.3 Å². The van der Waals surface area contributed by atoms with E-state index < -0.39 is 6.03 Å². The van der Waals surface area contributed by atoms with E-state index in [-0.39, 0.29) is 6.54 Å². The Morgan fingerprint density at radius 2 is 1.74 bits per heavy atom. The Hall–Kier alpha value is -2.42. The highest BCUT2D eigenvalue weighted by Gasteiger charge is 2.18. The third kappa shape index (κ3) is 6.63. The van der Waals surface area contributed by atoms with Crippen molar-refractivity contribution in [1.82, 2.24) is 20.1 Å². The van der Waals surface area contributed by atoms with Crippen molar-refractivity contribution in [3.63, 3.8) is 0 Å². The zero-order valence-corrected chi connectivity index (χ0v) is 22.2. The molecule has 1 aromatic heterocycles. The lowest BCUT2D eigenvalue weighted by Gasteiger charge is -2.13. The van der Waals surface area contributed by atoms with E-state index in [4.69, 9.17) is 46.4 Å². The van der Waals surface area contributed by atoms with E-state index in [1.165, 1.54) is 17.3 Å². The van der Waals surface area contributed by atoms with Gasteiger partial charge < -0.3 is 10.6 Å². The van der Waals surface area contributed by atoms with E-state index in [0.29, 0.717) is 48.2 Å². The van der Waals surface area contributed by atoms with Gasteiger partial charge in [-0.2, -0.15) is 0 Å². The van der Waals surface area contributed by atoms with Crippen LogP contribution in [0.15, 0.2) is 65.8 Å². The second-order valence-corrected chi connectivity index (χ2v) is 10.1. The summed E-state index contributed by atoms with van der Waals surface area (Å²) in [4.78, 5) is 12.5. The Kier molecular flexibility index (Phi) is 8.46. The Morgan fingerprint density at radius 3 is 2.51 bits per heavy atom. The van der Waals surface area contributed by atoms with Crippen LogP contribution < -0.4 is 10.6 Å². The molecule has 0 atom stereocenters. The zero-order valence-electron chi connectivity index (χ0n) is 18.4. The van der Waals surface area contributed by atoms with Crippen LogP contribution in [0.5, 0.6) is 0 Å². The minimum Gasteiger partial charge on any atom is -0.331 e. The molecule has 11 heteroatoms. The average molecular weight is 567 g/mol. The van der Waals surface area contributed by atoms with Crippen molar-refractivity contribution < 1.29 is 4.79 Å². The smallest absolute Gasteiger partial charge is 0.319 e. The highest BCUT2D eigenvalue weighted by molar-refractivity contribution is 7.98. The van der Waals surface area contributed by atoms with Gasteiger partial charge in [-0.1, -0.05) is 88.0 Å². The number of carbonyl (C=O) groups is 1. The van der Waals surface area contributed by atoms with Gasteiger partial charge in [0.05, 0.1) is 27.3 Å². The van der Waals surface area contributed by atoms with Crippen LogP contribution in [0.3, 0.4) is 0 Å². The number of thioether (sulfide) groups is 1. The summed E-state index contributed by atoms with van der Waals surface area (Å²) in [5.41, 5.74) is 3.46. The molecule has 0 radical (unpaired) electrons. The summed E-state index contributed by atoms with van der Waals surface area (Å²) < 4.78 is 1.80.